The molecule has 0 spiro atoms. The van der Waals surface area contributed by atoms with Gasteiger partial charge < -0.3 is 63.6 Å². The van der Waals surface area contributed by atoms with Crippen molar-refractivity contribution in [3.05, 3.63) is 29.8 Å². The topological polar surface area (TPSA) is 354 Å². The summed E-state index contributed by atoms with van der Waals surface area (Å²) in [5.41, 5.74) is 16.6. The van der Waals surface area contributed by atoms with E-state index in [0.717, 1.165) is 15.7 Å². The van der Waals surface area contributed by atoms with Gasteiger partial charge in [0.1, 0.15) is 42.0 Å². The second-order valence-electron chi connectivity index (χ2n) is 15.9. The molecule has 0 aromatic heterocycles. The van der Waals surface area contributed by atoms with E-state index in [-0.39, 0.29) is 43.7 Å². The van der Waals surface area contributed by atoms with Crippen molar-refractivity contribution in [2.24, 2.45) is 23.1 Å². The fourth-order valence-electron chi connectivity index (χ4n) is 6.96. The van der Waals surface area contributed by atoms with E-state index in [4.69, 9.17) is 21.9 Å². The van der Waals surface area contributed by atoms with E-state index in [9.17, 15) is 52.7 Å². The van der Waals surface area contributed by atoms with Crippen LogP contribution in [0.25, 0.3) is 0 Å². The van der Waals surface area contributed by atoms with Crippen molar-refractivity contribution in [1.29, 1.82) is 0 Å². The maximum Gasteiger partial charge on any atom is 0.246 e. The molecule has 0 aliphatic carbocycles. The minimum atomic E-state index is -1.71. The highest BCUT2D eigenvalue weighted by atomic mass is 33.1. The SMILES string of the molecule is CC[C@H](C)[C@@H]1NC(=O)[C@H](Cc2ccc(OC)cc2)NC(=O)CCSSC[C@H](C(=O)N2CCC[C@H]2C(=O)N(C)CC(=O)NCC(N)=O)NC(=O)[C@H](CC(N)=O)NC(=O)[C@H](CCC(N)=O)NC1=O. The Morgan fingerprint density at radius 1 is 0.848 bits per heavy atom. The van der Waals surface area contributed by atoms with Gasteiger partial charge in [-0.15, -0.1) is 0 Å². The van der Waals surface area contributed by atoms with Crippen LogP contribution in [0.15, 0.2) is 24.3 Å². The first-order valence-electron chi connectivity index (χ1n) is 21.3. The van der Waals surface area contributed by atoms with Crippen LogP contribution in [-0.2, 0) is 59.2 Å². The molecule has 2 fully saturated rings. The fourth-order valence-corrected chi connectivity index (χ4v) is 9.11. The van der Waals surface area contributed by atoms with E-state index in [1.54, 1.807) is 38.1 Å². The molecule has 0 saturated carbocycles. The average molecular weight is 964 g/mol. The number of methoxy groups -OCH3 is 1. The second kappa shape index (κ2) is 26.8. The Hall–Kier alpha value is -6.11. The summed E-state index contributed by atoms with van der Waals surface area (Å²) >= 11 is 0. The zero-order valence-corrected chi connectivity index (χ0v) is 39.0. The summed E-state index contributed by atoms with van der Waals surface area (Å²) in [6.07, 6.45) is -0.642. The van der Waals surface area contributed by atoms with Crippen LogP contribution in [0.4, 0.5) is 0 Å². The zero-order valence-electron chi connectivity index (χ0n) is 37.4. The molecule has 2 aliphatic rings. The lowest BCUT2D eigenvalue weighted by Gasteiger charge is -2.31. The minimum Gasteiger partial charge on any atom is -0.497 e. The van der Waals surface area contributed by atoms with Gasteiger partial charge in [-0.3, -0.25) is 52.7 Å². The third-order valence-electron chi connectivity index (χ3n) is 10.8. The predicted octanol–water partition coefficient (Wildman–Crippen LogP) is -3.32. The Bertz CT molecular complexity index is 1960. The number of nitrogens with one attached hydrogen (secondary N) is 6. The molecule has 2 heterocycles. The molecule has 23 nitrogen and oxygen atoms in total. The third-order valence-corrected chi connectivity index (χ3v) is 13.2. The molecule has 0 bridgehead atoms. The molecule has 25 heteroatoms. The number of nitrogens with zero attached hydrogens (tertiary/aromatic N) is 2. The van der Waals surface area contributed by atoms with Crippen molar-refractivity contribution in [2.75, 3.05) is 45.3 Å². The molecule has 66 heavy (non-hydrogen) atoms. The predicted molar refractivity (Wildman–Crippen MR) is 242 cm³/mol. The Balaban J connectivity index is 2.01. The third kappa shape index (κ3) is 17.4. The van der Waals surface area contributed by atoms with Gasteiger partial charge in [0.2, 0.25) is 65.0 Å². The molecule has 12 N–H and O–H groups in total. The molecule has 1 aromatic rings. The Morgan fingerprint density at radius 3 is 2.12 bits per heavy atom. The van der Waals surface area contributed by atoms with Crippen LogP contribution in [0.1, 0.15) is 64.4 Å². The van der Waals surface area contributed by atoms with Crippen LogP contribution in [0.3, 0.4) is 0 Å². The molecule has 1 aromatic carbocycles. The van der Waals surface area contributed by atoms with Gasteiger partial charge >= 0.3 is 0 Å². The Morgan fingerprint density at radius 2 is 1.50 bits per heavy atom. The molecule has 7 atom stereocenters. The van der Waals surface area contributed by atoms with Crippen molar-refractivity contribution >= 4 is 86.6 Å². The van der Waals surface area contributed by atoms with Crippen LogP contribution < -0.4 is 53.8 Å². The fraction of sp³-hybridized carbons (Fsp3) is 0.585. The first-order chi connectivity index (χ1) is 31.2. The number of ether oxygens (including phenoxy) is 1. The van der Waals surface area contributed by atoms with E-state index in [1.807, 2.05) is 0 Å². The molecule has 2 aliphatic heterocycles. The lowest BCUT2D eigenvalue weighted by atomic mass is 9.96. The number of carbonyl (C=O) groups excluding carboxylic acids is 11. The Kier molecular flexibility index (Phi) is 22.0. The van der Waals surface area contributed by atoms with Gasteiger partial charge in [-0.25, -0.2) is 0 Å². The molecule has 364 valence electrons. The molecular weight excluding hydrogens is 903 g/mol. The van der Waals surface area contributed by atoms with E-state index in [2.05, 4.69) is 31.9 Å². The normalized spacial score (nSPS) is 23.1. The smallest absolute Gasteiger partial charge is 0.246 e. The monoisotopic (exact) mass is 963 g/mol. The lowest BCUT2D eigenvalue weighted by molar-refractivity contribution is -0.145. The van der Waals surface area contributed by atoms with Gasteiger partial charge in [-0.2, -0.15) is 0 Å². The van der Waals surface area contributed by atoms with E-state index >= 15 is 0 Å². The van der Waals surface area contributed by atoms with E-state index < -0.39 is 133 Å². The van der Waals surface area contributed by atoms with Crippen LogP contribution in [0.2, 0.25) is 0 Å². The van der Waals surface area contributed by atoms with Gasteiger partial charge in [0.15, 0.2) is 0 Å². The largest absolute Gasteiger partial charge is 0.497 e. The van der Waals surface area contributed by atoms with Crippen LogP contribution in [0.5, 0.6) is 5.75 Å². The number of nitrogens with two attached hydrogens (primary N) is 3. The van der Waals surface area contributed by atoms with Crippen molar-refractivity contribution in [1.82, 2.24) is 41.7 Å². The summed E-state index contributed by atoms with van der Waals surface area (Å²) in [7, 11) is 5.10. The molecule has 2 saturated heterocycles. The highest BCUT2D eigenvalue weighted by molar-refractivity contribution is 8.76. The number of hydrogen-bond donors (Lipinski definition) is 9. The van der Waals surface area contributed by atoms with E-state index in [1.165, 1.54) is 29.9 Å². The summed E-state index contributed by atoms with van der Waals surface area (Å²) in [5, 5.41) is 15.3. The summed E-state index contributed by atoms with van der Waals surface area (Å²) in [5.74, 6) is -8.68. The number of hydrogen-bond acceptors (Lipinski definition) is 14. The number of amides is 11. The zero-order chi connectivity index (χ0) is 49.1. The molecular formula is C41H61N11O12S2. The van der Waals surface area contributed by atoms with Crippen LogP contribution in [-0.4, -0.2) is 156 Å². The highest BCUT2D eigenvalue weighted by Crippen LogP contribution is 2.26. The maximum absolute atomic E-state index is 14.3. The summed E-state index contributed by atoms with van der Waals surface area (Å²) in [6, 6.07) is -1.33. The van der Waals surface area contributed by atoms with E-state index in [0.29, 0.717) is 24.2 Å². The maximum atomic E-state index is 14.3. The van der Waals surface area contributed by atoms with Crippen molar-refractivity contribution in [2.45, 2.75) is 101 Å². The first kappa shape index (κ1) is 54.2. The lowest BCUT2D eigenvalue weighted by Crippen LogP contribution is -2.61. The molecule has 0 unspecified atom stereocenters. The van der Waals surface area contributed by atoms with Gasteiger partial charge in [-0.1, -0.05) is 54.0 Å². The quantitative estimate of drug-likeness (QED) is 0.0733. The van der Waals surface area contributed by atoms with Crippen molar-refractivity contribution in [3.63, 3.8) is 0 Å². The Labute approximate surface area is 390 Å². The molecule has 11 amide bonds. The number of rotatable bonds is 16. The van der Waals surface area contributed by atoms with Gasteiger partial charge in [0.05, 0.1) is 26.6 Å². The van der Waals surface area contributed by atoms with Gasteiger partial charge in [-0.05, 0) is 42.9 Å². The number of carbonyl (C=O) groups is 11. The van der Waals surface area contributed by atoms with Crippen LogP contribution in [0, 0.1) is 5.92 Å². The van der Waals surface area contributed by atoms with Crippen molar-refractivity contribution in [3.8, 4) is 5.75 Å². The number of primary amides is 3. The van der Waals surface area contributed by atoms with Gasteiger partial charge in [0, 0.05) is 44.4 Å². The first-order valence-corrected chi connectivity index (χ1v) is 23.8. The number of benzene rings is 1. The minimum absolute atomic E-state index is 0.0188. The average Bonchev–Trinajstić information content (AvgIpc) is 3.76. The standard InChI is InChI=1S/C41H61N11O12S2/c1-5-22(2)35-39(61)47-25(12-13-30(42)53)36(58)48-27(18-31(43)54)37(59)49-28(40(62)52-15-6-7-29(52)41(63)51(3)20-34(57)45-19-32(44)55)21-66-65-16-14-33(56)46-26(38(60)50-35)17-23-8-10-24(64-4)11-9-23/h8-11,22,25-29,35H,5-7,12-21H2,1-4H3,(H2,42,53)(H2,43,54)(H2,44,55)(H,45,57)(H,46,56)(H,47,61)(H,48,58)(H,49,59)(H,50,60)/t22-,25-,26-,27-,28+,29-,35-/m0/s1. The second-order valence-corrected chi connectivity index (χ2v) is 18.5. The van der Waals surface area contributed by atoms with Crippen LogP contribution >= 0.6 is 21.6 Å². The molecule has 0 radical (unpaired) electrons. The summed E-state index contributed by atoms with van der Waals surface area (Å²) in [4.78, 5) is 147. The highest BCUT2D eigenvalue weighted by Gasteiger charge is 2.41. The number of likely N-dealkylation sites (tertiary alicyclic amines) is 1. The molecule has 3 rings (SSSR count). The van der Waals surface area contributed by atoms with Gasteiger partial charge in [0.25, 0.3) is 0 Å². The number of likely N-dealkylation sites (N-methyl/N-ethyl adjacent to an activating group) is 1. The summed E-state index contributed by atoms with van der Waals surface area (Å²) < 4.78 is 5.24. The summed E-state index contributed by atoms with van der Waals surface area (Å²) in [6.45, 7) is 2.65. The van der Waals surface area contributed by atoms with Crippen molar-refractivity contribution < 1.29 is 57.5 Å².